The van der Waals surface area contributed by atoms with Crippen LogP contribution in [-0.2, 0) is 0 Å². The molecule has 0 rings (SSSR count). The third-order valence-electron chi connectivity index (χ3n) is 5.35. The molecule has 2 atom stereocenters. The van der Waals surface area contributed by atoms with Crippen molar-refractivity contribution in [3.63, 3.8) is 0 Å². The van der Waals surface area contributed by atoms with E-state index in [1.807, 2.05) is 0 Å². The highest BCUT2D eigenvalue weighted by molar-refractivity contribution is 4.62. The van der Waals surface area contributed by atoms with Crippen LogP contribution in [0.2, 0.25) is 0 Å². The highest BCUT2D eigenvalue weighted by atomic mass is 16.3. The van der Waals surface area contributed by atoms with Gasteiger partial charge in [0.25, 0.3) is 0 Å². The summed E-state index contributed by atoms with van der Waals surface area (Å²) in [6.45, 7) is 9.49. The zero-order valence-corrected chi connectivity index (χ0v) is 16.7. The van der Waals surface area contributed by atoms with Crippen LogP contribution in [-0.4, -0.2) is 36.8 Å². The normalized spacial score (nSPS) is 14.3. The predicted octanol–water partition coefficient (Wildman–Crippen LogP) is 5.88. The van der Waals surface area contributed by atoms with Gasteiger partial charge in [0.15, 0.2) is 0 Å². The average Bonchev–Trinajstić information content (AvgIpc) is 2.55. The van der Waals surface area contributed by atoms with E-state index in [1.165, 1.54) is 90.1 Å². The summed E-state index contributed by atoms with van der Waals surface area (Å²) in [5, 5.41) is 9.16. The van der Waals surface area contributed by atoms with Crippen molar-refractivity contribution in [1.29, 1.82) is 0 Å². The first-order valence-electron chi connectivity index (χ1n) is 10.4. The highest BCUT2D eigenvalue weighted by Crippen LogP contribution is 2.16. The molecule has 0 fully saturated rings. The van der Waals surface area contributed by atoms with E-state index in [2.05, 4.69) is 32.7 Å². The highest BCUT2D eigenvalue weighted by Gasteiger charge is 2.10. The lowest BCUT2D eigenvalue weighted by atomic mass is 9.92. The number of hydrogen-bond donors (Lipinski definition) is 1. The number of unbranched alkanes of at least 4 members (excludes halogenated alkanes) is 9. The van der Waals surface area contributed by atoms with E-state index >= 15 is 0 Å². The first kappa shape index (κ1) is 22.9. The van der Waals surface area contributed by atoms with Crippen LogP contribution < -0.4 is 0 Å². The molecule has 0 saturated carbocycles. The van der Waals surface area contributed by atoms with Crippen molar-refractivity contribution >= 4 is 0 Å². The smallest absolute Gasteiger partial charge is 0.0459 e. The van der Waals surface area contributed by atoms with E-state index in [1.54, 1.807) is 0 Å². The lowest BCUT2D eigenvalue weighted by molar-refractivity contribution is 0.185. The van der Waals surface area contributed by atoms with Gasteiger partial charge < -0.3 is 10.0 Å². The van der Waals surface area contributed by atoms with Gasteiger partial charge in [-0.15, -0.1) is 0 Å². The van der Waals surface area contributed by atoms with Crippen LogP contribution in [0.5, 0.6) is 0 Å². The molecule has 2 unspecified atom stereocenters. The van der Waals surface area contributed by atoms with Gasteiger partial charge in [-0.3, -0.25) is 0 Å². The molecular formula is C21H45NO. The largest absolute Gasteiger partial charge is 0.396 e. The molecule has 0 saturated heterocycles. The van der Waals surface area contributed by atoms with Gasteiger partial charge in [-0.2, -0.15) is 0 Å². The maximum atomic E-state index is 9.16. The van der Waals surface area contributed by atoms with Crippen LogP contribution in [0.25, 0.3) is 0 Å². The first-order valence-corrected chi connectivity index (χ1v) is 10.4. The summed E-state index contributed by atoms with van der Waals surface area (Å²) in [6.07, 6.45) is 16.7. The Bertz CT molecular complexity index is 232. The molecule has 23 heavy (non-hydrogen) atoms. The Morgan fingerprint density at radius 2 is 1.17 bits per heavy atom. The van der Waals surface area contributed by atoms with Gasteiger partial charge in [-0.25, -0.2) is 0 Å². The maximum absolute atomic E-state index is 9.16. The molecule has 0 spiro atoms. The van der Waals surface area contributed by atoms with Crippen LogP contribution >= 0.6 is 0 Å². The van der Waals surface area contributed by atoms with Crippen LogP contribution in [0.3, 0.4) is 0 Å². The number of rotatable bonds is 17. The van der Waals surface area contributed by atoms with Crippen molar-refractivity contribution in [3.05, 3.63) is 0 Å². The van der Waals surface area contributed by atoms with Gasteiger partial charge in [-0.1, -0.05) is 78.6 Å². The second-order valence-corrected chi connectivity index (χ2v) is 7.76. The summed E-state index contributed by atoms with van der Waals surface area (Å²) in [4.78, 5) is 2.49. The van der Waals surface area contributed by atoms with Crippen LogP contribution in [0.1, 0.15) is 97.8 Å². The monoisotopic (exact) mass is 327 g/mol. The second kappa shape index (κ2) is 16.8. The fraction of sp³-hybridized carbons (Fsp3) is 1.00. The number of nitrogens with zero attached hydrogens (tertiary/aromatic N) is 1. The Labute approximate surface area is 147 Å². The van der Waals surface area contributed by atoms with Crippen LogP contribution in [0.4, 0.5) is 0 Å². The quantitative estimate of drug-likeness (QED) is 0.337. The number of aliphatic hydroxyl groups excluding tert-OH is 1. The molecule has 0 amide bonds. The second-order valence-electron chi connectivity index (χ2n) is 7.76. The molecule has 2 heteroatoms. The van der Waals surface area contributed by atoms with Crippen molar-refractivity contribution in [2.75, 3.05) is 26.7 Å². The van der Waals surface area contributed by atoms with Crippen molar-refractivity contribution in [2.45, 2.75) is 97.8 Å². The van der Waals surface area contributed by atoms with Gasteiger partial charge >= 0.3 is 0 Å². The van der Waals surface area contributed by atoms with E-state index in [-0.39, 0.29) is 0 Å². The summed E-state index contributed by atoms with van der Waals surface area (Å²) in [5.41, 5.74) is 0. The lowest BCUT2D eigenvalue weighted by Gasteiger charge is -2.20. The van der Waals surface area contributed by atoms with Gasteiger partial charge in [0.1, 0.15) is 0 Å². The van der Waals surface area contributed by atoms with E-state index in [9.17, 15) is 0 Å². The van der Waals surface area contributed by atoms with Crippen molar-refractivity contribution < 1.29 is 5.11 Å². The van der Waals surface area contributed by atoms with Gasteiger partial charge in [0.05, 0.1) is 0 Å². The Balaban J connectivity index is 3.29. The van der Waals surface area contributed by atoms with E-state index < -0.39 is 0 Å². The lowest BCUT2D eigenvalue weighted by Crippen LogP contribution is -2.22. The molecule has 0 aromatic rings. The third kappa shape index (κ3) is 15.2. The van der Waals surface area contributed by atoms with Crippen molar-refractivity contribution in [2.24, 2.45) is 11.8 Å². The number of aliphatic hydroxyl groups is 1. The first-order chi connectivity index (χ1) is 11.1. The molecular weight excluding hydrogens is 282 g/mol. The SMILES string of the molecule is CCCCCCCCCCCCN(C)CCCC(C)C(C)CO. The van der Waals surface area contributed by atoms with E-state index in [0.717, 1.165) is 0 Å². The third-order valence-corrected chi connectivity index (χ3v) is 5.35. The number of hydrogen-bond acceptors (Lipinski definition) is 2. The zero-order valence-electron chi connectivity index (χ0n) is 16.7. The van der Waals surface area contributed by atoms with Crippen LogP contribution in [0, 0.1) is 11.8 Å². The van der Waals surface area contributed by atoms with Gasteiger partial charge in [0.2, 0.25) is 0 Å². The minimum Gasteiger partial charge on any atom is -0.396 e. The molecule has 0 aliphatic rings. The van der Waals surface area contributed by atoms with Crippen LogP contribution in [0.15, 0.2) is 0 Å². The summed E-state index contributed by atoms with van der Waals surface area (Å²) >= 11 is 0. The molecule has 0 heterocycles. The summed E-state index contributed by atoms with van der Waals surface area (Å²) in [6, 6.07) is 0. The summed E-state index contributed by atoms with van der Waals surface area (Å²) in [7, 11) is 2.26. The molecule has 2 nitrogen and oxygen atoms in total. The summed E-state index contributed by atoms with van der Waals surface area (Å²) < 4.78 is 0. The molecule has 0 aliphatic carbocycles. The fourth-order valence-corrected chi connectivity index (χ4v) is 3.13. The molecule has 0 bridgehead atoms. The minimum absolute atomic E-state index is 0.329. The van der Waals surface area contributed by atoms with E-state index in [4.69, 9.17) is 5.11 Å². The molecule has 140 valence electrons. The molecule has 1 N–H and O–H groups in total. The average molecular weight is 328 g/mol. The molecule has 0 radical (unpaired) electrons. The zero-order chi connectivity index (χ0) is 17.3. The topological polar surface area (TPSA) is 23.5 Å². The minimum atomic E-state index is 0.329. The molecule has 0 aromatic carbocycles. The Morgan fingerprint density at radius 3 is 1.70 bits per heavy atom. The Hall–Kier alpha value is -0.0800. The van der Waals surface area contributed by atoms with Gasteiger partial charge in [0, 0.05) is 6.61 Å². The molecule has 0 aliphatic heterocycles. The van der Waals surface area contributed by atoms with Crippen molar-refractivity contribution in [3.8, 4) is 0 Å². The Kier molecular flexibility index (Phi) is 16.7. The summed E-state index contributed by atoms with van der Waals surface area (Å²) in [5.74, 6) is 1.09. The maximum Gasteiger partial charge on any atom is 0.0459 e. The fourth-order valence-electron chi connectivity index (χ4n) is 3.13. The van der Waals surface area contributed by atoms with Gasteiger partial charge in [-0.05, 0) is 51.2 Å². The van der Waals surface area contributed by atoms with E-state index in [0.29, 0.717) is 18.4 Å². The van der Waals surface area contributed by atoms with Crippen molar-refractivity contribution in [1.82, 2.24) is 4.90 Å². The Morgan fingerprint density at radius 1 is 0.696 bits per heavy atom. The standard InChI is InChI=1S/C21H45NO/c1-5-6-7-8-9-10-11-12-13-14-17-22(4)18-15-16-20(2)21(3)19-23/h20-21,23H,5-19H2,1-4H3. The molecule has 0 aromatic heterocycles. The predicted molar refractivity (Wildman–Crippen MR) is 104 cm³/mol.